The molecule has 1 heterocycles. The molecule has 20 heavy (non-hydrogen) atoms. The Labute approximate surface area is 119 Å². The van der Waals surface area contributed by atoms with Crippen LogP contribution in [0.15, 0.2) is 21.7 Å². The predicted molar refractivity (Wildman–Crippen MR) is 79.8 cm³/mol. The van der Waals surface area contributed by atoms with Gasteiger partial charge in [0.2, 0.25) is 0 Å². The van der Waals surface area contributed by atoms with Crippen molar-refractivity contribution in [3.8, 4) is 0 Å². The van der Waals surface area contributed by atoms with Gasteiger partial charge in [-0.1, -0.05) is 0 Å². The lowest BCUT2D eigenvalue weighted by molar-refractivity contribution is 0.0925. The molecule has 1 rings (SSSR count). The molecule has 0 saturated heterocycles. The summed E-state index contributed by atoms with van der Waals surface area (Å²) < 4.78 is 5.11. The van der Waals surface area contributed by atoms with Crippen LogP contribution in [0.3, 0.4) is 0 Å². The Morgan fingerprint density at radius 1 is 1.45 bits per heavy atom. The maximum atomic E-state index is 11.7. The summed E-state index contributed by atoms with van der Waals surface area (Å²) in [6.45, 7) is 8.98. The van der Waals surface area contributed by atoms with Crippen molar-refractivity contribution in [2.75, 3.05) is 13.1 Å². The van der Waals surface area contributed by atoms with Gasteiger partial charge in [-0.25, -0.2) is 0 Å². The lowest BCUT2D eigenvalue weighted by Crippen LogP contribution is -2.45. The van der Waals surface area contributed by atoms with Crippen LogP contribution in [0.2, 0.25) is 0 Å². The number of rotatable bonds is 5. The Bertz CT molecular complexity index is 472. The Kier molecular flexibility index (Phi) is 5.61. The zero-order chi connectivity index (χ0) is 15.2. The maximum absolute atomic E-state index is 11.7. The number of aliphatic imine (C=N–C) groups is 1. The van der Waals surface area contributed by atoms with E-state index in [1.165, 1.54) is 6.26 Å². The van der Waals surface area contributed by atoms with E-state index >= 15 is 0 Å². The highest BCUT2D eigenvalue weighted by Gasteiger charge is 2.11. The van der Waals surface area contributed by atoms with E-state index in [1.807, 2.05) is 27.7 Å². The standard InChI is InChI=1S/C14H24N4O2/c1-10-6-9-20-11(10)12(19)16-7-5-8-17-13(15)18-14(2,3)4/h6,9H,5,7-8H2,1-4H3,(H,16,19)(H3,15,17,18). The normalized spacial score (nSPS) is 12.3. The van der Waals surface area contributed by atoms with E-state index in [2.05, 4.69) is 15.6 Å². The summed E-state index contributed by atoms with van der Waals surface area (Å²) in [5.41, 5.74) is 6.47. The summed E-state index contributed by atoms with van der Waals surface area (Å²) in [4.78, 5) is 15.9. The first-order chi connectivity index (χ1) is 9.29. The second kappa shape index (κ2) is 6.98. The van der Waals surface area contributed by atoms with E-state index < -0.39 is 0 Å². The van der Waals surface area contributed by atoms with Crippen LogP contribution in [0.25, 0.3) is 0 Å². The number of amides is 1. The summed E-state index contributed by atoms with van der Waals surface area (Å²) in [5, 5.41) is 5.86. The number of nitrogens with two attached hydrogens (primary N) is 1. The molecule has 1 aromatic heterocycles. The van der Waals surface area contributed by atoms with E-state index in [4.69, 9.17) is 10.2 Å². The molecular weight excluding hydrogens is 256 g/mol. The predicted octanol–water partition coefficient (Wildman–Crippen LogP) is 1.41. The fourth-order valence-corrected chi connectivity index (χ4v) is 1.59. The fraction of sp³-hybridized carbons (Fsp3) is 0.571. The van der Waals surface area contributed by atoms with E-state index in [-0.39, 0.29) is 11.4 Å². The molecule has 6 nitrogen and oxygen atoms in total. The number of guanidine groups is 1. The number of carbonyl (C=O) groups excluding carboxylic acids is 1. The van der Waals surface area contributed by atoms with Gasteiger partial charge in [0.1, 0.15) is 0 Å². The maximum Gasteiger partial charge on any atom is 0.287 e. The summed E-state index contributed by atoms with van der Waals surface area (Å²) in [6, 6.07) is 1.76. The number of hydrogen-bond acceptors (Lipinski definition) is 3. The van der Waals surface area contributed by atoms with Crippen molar-refractivity contribution in [1.29, 1.82) is 0 Å². The third kappa shape index (κ3) is 5.77. The van der Waals surface area contributed by atoms with Gasteiger partial charge in [0.25, 0.3) is 5.91 Å². The van der Waals surface area contributed by atoms with E-state index in [1.54, 1.807) is 6.07 Å². The molecule has 0 aliphatic heterocycles. The first-order valence-corrected chi connectivity index (χ1v) is 6.70. The molecule has 0 fully saturated rings. The smallest absolute Gasteiger partial charge is 0.287 e. The highest BCUT2D eigenvalue weighted by Crippen LogP contribution is 2.07. The zero-order valence-electron chi connectivity index (χ0n) is 12.6. The number of hydrogen-bond donors (Lipinski definition) is 3. The van der Waals surface area contributed by atoms with Crippen molar-refractivity contribution >= 4 is 11.9 Å². The molecule has 0 aliphatic rings. The third-order valence-electron chi connectivity index (χ3n) is 2.47. The number of furan rings is 1. The van der Waals surface area contributed by atoms with Crippen molar-refractivity contribution in [3.05, 3.63) is 23.7 Å². The Balaban J connectivity index is 2.24. The molecule has 0 saturated carbocycles. The second-order valence-electron chi connectivity index (χ2n) is 5.68. The Morgan fingerprint density at radius 2 is 2.15 bits per heavy atom. The van der Waals surface area contributed by atoms with Crippen molar-refractivity contribution < 1.29 is 9.21 Å². The van der Waals surface area contributed by atoms with Gasteiger partial charge in [-0.2, -0.15) is 0 Å². The Morgan fingerprint density at radius 3 is 2.70 bits per heavy atom. The summed E-state index contributed by atoms with van der Waals surface area (Å²) >= 11 is 0. The molecule has 0 radical (unpaired) electrons. The molecule has 0 unspecified atom stereocenters. The molecule has 0 atom stereocenters. The molecule has 0 aliphatic carbocycles. The van der Waals surface area contributed by atoms with Gasteiger partial charge in [-0.3, -0.25) is 9.79 Å². The van der Waals surface area contributed by atoms with Crippen LogP contribution in [-0.2, 0) is 0 Å². The first kappa shape index (κ1) is 16.1. The van der Waals surface area contributed by atoms with Crippen LogP contribution in [0, 0.1) is 6.92 Å². The number of nitrogens with zero attached hydrogens (tertiary/aromatic N) is 1. The minimum atomic E-state index is -0.197. The van der Waals surface area contributed by atoms with E-state index in [0.29, 0.717) is 24.8 Å². The molecule has 0 spiro atoms. The average Bonchev–Trinajstić information content (AvgIpc) is 2.72. The van der Waals surface area contributed by atoms with Crippen molar-refractivity contribution in [2.24, 2.45) is 10.7 Å². The molecule has 0 bridgehead atoms. The average molecular weight is 280 g/mol. The zero-order valence-corrected chi connectivity index (χ0v) is 12.6. The van der Waals surface area contributed by atoms with Crippen LogP contribution >= 0.6 is 0 Å². The highest BCUT2D eigenvalue weighted by atomic mass is 16.3. The number of aryl methyl sites for hydroxylation is 1. The SMILES string of the molecule is Cc1ccoc1C(=O)NCCCN=C(N)NC(C)(C)C. The van der Waals surface area contributed by atoms with Gasteiger partial charge in [0.05, 0.1) is 6.26 Å². The van der Waals surface area contributed by atoms with Crippen LogP contribution in [0.4, 0.5) is 0 Å². The summed E-state index contributed by atoms with van der Waals surface area (Å²) in [5.74, 6) is 0.588. The van der Waals surface area contributed by atoms with Gasteiger partial charge in [0.15, 0.2) is 11.7 Å². The Hall–Kier alpha value is -1.98. The lowest BCUT2D eigenvalue weighted by Gasteiger charge is -2.20. The van der Waals surface area contributed by atoms with Crippen LogP contribution in [0.1, 0.15) is 43.3 Å². The molecule has 0 aromatic carbocycles. The summed E-state index contributed by atoms with van der Waals surface area (Å²) in [6.07, 6.45) is 2.23. The lowest BCUT2D eigenvalue weighted by atomic mass is 10.1. The van der Waals surface area contributed by atoms with Gasteiger partial charge in [-0.05, 0) is 40.2 Å². The van der Waals surface area contributed by atoms with Crippen LogP contribution in [0.5, 0.6) is 0 Å². The molecule has 112 valence electrons. The van der Waals surface area contributed by atoms with Crippen molar-refractivity contribution in [1.82, 2.24) is 10.6 Å². The number of carbonyl (C=O) groups is 1. The fourth-order valence-electron chi connectivity index (χ4n) is 1.59. The number of nitrogens with one attached hydrogen (secondary N) is 2. The molecule has 1 amide bonds. The minimum absolute atomic E-state index is 0.0986. The second-order valence-corrected chi connectivity index (χ2v) is 5.68. The minimum Gasteiger partial charge on any atom is -0.459 e. The molecular formula is C14H24N4O2. The largest absolute Gasteiger partial charge is 0.459 e. The van der Waals surface area contributed by atoms with Crippen LogP contribution in [-0.4, -0.2) is 30.5 Å². The molecule has 1 aromatic rings. The van der Waals surface area contributed by atoms with E-state index in [0.717, 1.165) is 12.0 Å². The molecule has 4 N–H and O–H groups in total. The summed E-state index contributed by atoms with van der Waals surface area (Å²) in [7, 11) is 0. The van der Waals surface area contributed by atoms with Crippen molar-refractivity contribution in [2.45, 2.75) is 39.7 Å². The van der Waals surface area contributed by atoms with Gasteiger partial charge < -0.3 is 20.8 Å². The first-order valence-electron chi connectivity index (χ1n) is 6.70. The quantitative estimate of drug-likeness (QED) is 0.432. The monoisotopic (exact) mass is 280 g/mol. The third-order valence-corrected chi connectivity index (χ3v) is 2.47. The van der Waals surface area contributed by atoms with Gasteiger partial charge in [0, 0.05) is 24.2 Å². The van der Waals surface area contributed by atoms with E-state index in [9.17, 15) is 4.79 Å². The van der Waals surface area contributed by atoms with Gasteiger partial charge >= 0.3 is 0 Å². The van der Waals surface area contributed by atoms with Crippen LogP contribution < -0.4 is 16.4 Å². The highest BCUT2D eigenvalue weighted by molar-refractivity contribution is 5.92. The van der Waals surface area contributed by atoms with Crippen molar-refractivity contribution in [3.63, 3.8) is 0 Å². The topological polar surface area (TPSA) is 92.7 Å². The molecule has 6 heteroatoms. The van der Waals surface area contributed by atoms with Gasteiger partial charge in [-0.15, -0.1) is 0 Å².